The molecule has 0 nitrogen and oxygen atoms in total. The molecule has 1 aromatic heterocycles. The minimum Gasteiger partial charge on any atom is -0.128 e. The number of thiophene rings is 1. The number of hydrogen-bond donors (Lipinski definition) is 0. The molecule has 0 spiro atoms. The average molecular weight is 243 g/mol. The maximum atomic E-state index is 6.16. The van der Waals surface area contributed by atoms with E-state index >= 15 is 0 Å². The Balaban J connectivity index is 2.73. The summed E-state index contributed by atoms with van der Waals surface area (Å²) >= 11 is 9.79. The number of fused-ring (bicyclic) bond motifs is 1. The van der Waals surface area contributed by atoms with Gasteiger partial charge in [0.15, 0.2) is 0 Å². The van der Waals surface area contributed by atoms with Crippen LogP contribution in [0.3, 0.4) is 0 Å². The van der Waals surface area contributed by atoms with E-state index in [4.69, 9.17) is 11.6 Å². The molecule has 0 saturated heterocycles. The minimum absolute atomic E-state index is 0.898. The van der Waals surface area contributed by atoms with Crippen LogP contribution in [0.15, 0.2) is 22.4 Å². The van der Waals surface area contributed by atoms with Gasteiger partial charge >= 0.3 is 0 Å². The topological polar surface area (TPSA) is 0 Å². The minimum atomic E-state index is 0.898. The van der Waals surface area contributed by atoms with E-state index in [1.807, 2.05) is 17.4 Å². The van der Waals surface area contributed by atoms with Crippen LogP contribution in [0.1, 0.15) is 12.5 Å². The zero-order valence-corrected chi connectivity index (χ0v) is 10.5. The summed E-state index contributed by atoms with van der Waals surface area (Å²) in [5.41, 5.74) is 1.29. The molecule has 0 N–H and O–H groups in total. The van der Waals surface area contributed by atoms with Crippen molar-refractivity contribution in [3.05, 3.63) is 28.8 Å². The first kappa shape index (κ1) is 10.3. The maximum absolute atomic E-state index is 6.16. The van der Waals surface area contributed by atoms with Gasteiger partial charge in [-0.2, -0.15) is 0 Å². The summed E-state index contributed by atoms with van der Waals surface area (Å²) < 4.78 is 2.71. The van der Waals surface area contributed by atoms with Crippen LogP contribution in [0.2, 0.25) is 5.02 Å². The first-order valence-corrected chi connectivity index (χ1v) is 6.93. The molecule has 0 saturated carbocycles. The van der Waals surface area contributed by atoms with Crippen molar-refractivity contribution in [3.8, 4) is 0 Å². The highest BCUT2D eigenvalue weighted by atomic mass is 35.5. The Labute approximate surface area is 97.3 Å². The van der Waals surface area contributed by atoms with E-state index in [0.29, 0.717) is 0 Å². The quantitative estimate of drug-likeness (QED) is 0.679. The fraction of sp³-hybridized carbons (Fsp3) is 0.273. The first-order valence-electron chi connectivity index (χ1n) is 4.51. The molecule has 0 amide bonds. The molecule has 0 aliphatic carbocycles. The molecule has 0 aliphatic heterocycles. The molecular formula is C11H11ClS2. The molecule has 14 heavy (non-hydrogen) atoms. The van der Waals surface area contributed by atoms with Crippen molar-refractivity contribution >= 4 is 44.8 Å². The van der Waals surface area contributed by atoms with E-state index in [9.17, 15) is 0 Å². The molecule has 2 aromatic rings. The van der Waals surface area contributed by atoms with Gasteiger partial charge in [0.05, 0.1) is 4.21 Å². The summed E-state index contributed by atoms with van der Waals surface area (Å²) in [6.07, 6.45) is 3.11. The molecule has 0 fully saturated rings. The Hall–Kier alpha value is -0.180. The molecule has 0 bridgehead atoms. The first-order chi connectivity index (χ1) is 6.76. The summed E-state index contributed by atoms with van der Waals surface area (Å²) in [4.78, 5) is 0. The second-order valence-electron chi connectivity index (χ2n) is 3.07. The predicted molar refractivity (Wildman–Crippen MR) is 68.0 cm³/mol. The Kier molecular flexibility index (Phi) is 3.05. The lowest BCUT2D eigenvalue weighted by molar-refractivity contribution is 1.16. The van der Waals surface area contributed by atoms with E-state index in [-0.39, 0.29) is 0 Å². The van der Waals surface area contributed by atoms with Gasteiger partial charge in [-0.25, -0.2) is 0 Å². The highest BCUT2D eigenvalue weighted by Crippen LogP contribution is 2.36. The second-order valence-corrected chi connectivity index (χ2v) is 5.63. The molecule has 74 valence electrons. The van der Waals surface area contributed by atoms with Gasteiger partial charge < -0.3 is 0 Å². The Morgan fingerprint density at radius 1 is 1.43 bits per heavy atom. The van der Waals surface area contributed by atoms with E-state index in [2.05, 4.69) is 25.3 Å². The zero-order chi connectivity index (χ0) is 10.1. The molecule has 0 atom stereocenters. The van der Waals surface area contributed by atoms with Crippen molar-refractivity contribution in [2.45, 2.75) is 17.6 Å². The van der Waals surface area contributed by atoms with Crippen LogP contribution in [0.25, 0.3) is 10.1 Å². The standard InChI is InChI=1S/C11H11ClS2/c1-3-8-9(12)5-4-7-6-10(13-2)14-11(7)8/h4-6H,3H2,1-2H3. The molecule has 0 unspecified atom stereocenters. The fourth-order valence-electron chi connectivity index (χ4n) is 1.54. The summed E-state index contributed by atoms with van der Waals surface area (Å²) in [6.45, 7) is 2.15. The van der Waals surface area contributed by atoms with Gasteiger partial charge in [-0.1, -0.05) is 24.6 Å². The van der Waals surface area contributed by atoms with Gasteiger partial charge in [-0.15, -0.1) is 23.1 Å². The number of halogens is 1. The second kappa shape index (κ2) is 4.13. The number of hydrogen-bond acceptors (Lipinski definition) is 2. The van der Waals surface area contributed by atoms with Crippen molar-refractivity contribution in [2.75, 3.05) is 6.26 Å². The van der Waals surface area contributed by atoms with Crippen LogP contribution < -0.4 is 0 Å². The van der Waals surface area contributed by atoms with Crippen LogP contribution in [-0.4, -0.2) is 6.26 Å². The van der Waals surface area contributed by atoms with Crippen LogP contribution in [0.5, 0.6) is 0 Å². The third-order valence-electron chi connectivity index (χ3n) is 2.26. The summed E-state index contributed by atoms with van der Waals surface area (Å²) in [5.74, 6) is 0. The van der Waals surface area contributed by atoms with Crippen LogP contribution >= 0.6 is 34.7 Å². The van der Waals surface area contributed by atoms with Gasteiger partial charge in [-0.05, 0) is 35.8 Å². The lowest BCUT2D eigenvalue weighted by atomic mass is 10.1. The lowest BCUT2D eigenvalue weighted by Gasteiger charge is -2.01. The van der Waals surface area contributed by atoms with E-state index in [0.717, 1.165) is 11.4 Å². The van der Waals surface area contributed by atoms with Crippen molar-refractivity contribution in [3.63, 3.8) is 0 Å². The van der Waals surface area contributed by atoms with Gasteiger partial charge in [0.1, 0.15) is 0 Å². The van der Waals surface area contributed by atoms with Crippen molar-refractivity contribution in [1.29, 1.82) is 0 Å². The fourth-order valence-corrected chi connectivity index (χ4v) is 3.73. The third-order valence-corrected chi connectivity index (χ3v) is 4.89. The molecule has 1 heterocycles. The molecule has 0 radical (unpaired) electrons. The van der Waals surface area contributed by atoms with Crippen molar-refractivity contribution in [1.82, 2.24) is 0 Å². The Morgan fingerprint density at radius 3 is 2.86 bits per heavy atom. The van der Waals surface area contributed by atoms with Crippen LogP contribution in [0, 0.1) is 0 Å². The number of aryl methyl sites for hydroxylation is 1. The van der Waals surface area contributed by atoms with E-state index in [1.165, 1.54) is 19.9 Å². The largest absolute Gasteiger partial charge is 0.128 e. The molecule has 3 heteroatoms. The van der Waals surface area contributed by atoms with Crippen molar-refractivity contribution in [2.24, 2.45) is 0 Å². The van der Waals surface area contributed by atoms with Gasteiger partial charge in [0.2, 0.25) is 0 Å². The molecule has 2 rings (SSSR count). The summed E-state index contributed by atoms with van der Waals surface area (Å²) in [7, 11) is 0. The number of benzene rings is 1. The zero-order valence-electron chi connectivity index (χ0n) is 8.13. The Bertz CT molecular complexity index is 460. The molecule has 1 aromatic carbocycles. The predicted octanol–water partition coefficient (Wildman–Crippen LogP) is 4.84. The third kappa shape index (κ3) is 1.67. The maximum Gasteiger partial charge on any atom is 0.0608 e. The summed E-state index contributed by atoms with van der Waals surface area (Å²) in [5, 5.41) is 2.22. The summed E-state index contributed by atoms with van der Waals surface area (Å²) in [6, 6.07) is 6.34. The smallest absolute Gasteiger partial charge is 0.0608 e. The Morgan fingerprint density at radius 2 is 2.21 bits per heavy atom. The monoisotopic (exact) mass is 242 g/mol. The highest BCUT2D eigenvalue weighted by Gasteiger charge is 2.07. The molecule has 0 aliphatic rings. The SMILES string of the molecule is CCc1c(Cl)ccc2cc(SC)sc12. The van der Waals surface area contributed by atoms with Gasteiger partial charge in [0, 0.05) is 9.72 Å². The van der Waals surface area contributed by atoms with E-state index in [1.54, 1.807) is 11.8 Å². The van der Waals surface area contributed by atoms with Crippen molar-refractivity contribution < 1.29 is 0 Å². The van der Waals surface area contributed by atoms with E-state index < -0.39 is 0 Å². The van der Waals surface area contributed by atoms with Crippen LogP contribution in [0.4, 0.5) is 0 Å². The molecular weight excluding hydrogens is 232 g/mol. The lowest BCUT2D eigenvalue weighted by Crippen LogP contribution is -1.81. The average Bonchev–Trinajstić information content (AvgIpc) is 2.60. The number of rotatable bonds is 2. The normalized spacial score (nSPS) is 11.1. The highest BCUT2D eigenvalue weighted by molar-refractivity contribution is 8.00. The van der Waals surface area contributed by atoms with Gasteiger partial charge in [-0.3, -0.25) is 0 Å². The number of thioether (sulfide) groups is 1. The van der Waals surface area contributed by atoms with Crippen LogP contribution in [-0.2, 0) is 6.42 Å². The van der Waals surface area contributed by atoms with Gasteiger partial charge in [0.25, 0.3) is 0 Å².